The summed E-state index contributed by atoms with van der Waals surface area (Å²) in [5.74, 6) is -0.0892. The standard InChI is InChI=1S/C20H15ClFN3O2S/c1-25-20-14(18(24-25)11-4-3-5-13(8-11)27-2)10-17(28-20)19(26)23-12-6-7-16(22)15(21)9-12/h3-10H,1-2H3,(H,23,26). The second-order valence-electron chi connectivity index (χ2n) is 6.12. The van der Waals surface area contributed by atoms with E-state index in [-0.39, 0.29) is 10.9 Å². The van der Waals surface area contributed by atoms with Gasteiger partial charge in [-0.05, 0) is 36.4 Å². The number of nitrogens with one attached hydrogen (secondary N) is 1. The van der Waals surface area contributed by atoms with Gasteiger partial charge in [-0.1, -0.05) is 23.7 Å². The summed E-state index contributed by atoms with van der Waals surface area (Å²) >= 11 is 7.11. The number of hydrogen-bond acceptors (Lipinski definition) is 4. The molecule has 0 radical (unpaired) electrons. The molecule has 1 amide bonds. The third-order valence-corrected chi connectivity index (χ3v) is 5.75. The van der Waals surface area contributed by atoms with Gasteiger partial charge in [0.1, 0.15) is 22.1 Å². The van der Waals surface area contributed by atoms with Gasteiger partial charge in [0.15, 0.2) is 0 Å². The highest BCUT2D eigenvalue weighted by Crippen LogP contribution is 2.35. The number of methoxy groups -OCH3 is 1. The van der Waals surface area contributed by atoms with Crippen molar-refractivity contribution < 1.29 is 13.9 Å². The van der Waals surface area contributed by atoms with Gasteiger partial charge in [0, 0.05) is 23.7 Å². The summed E-state index contributed by atoms with van der Waals surface area (Å²) in [6.07, 6.45) is 0. The Balaban J connectivity index is 1.69. The molecule has 4 aromatic rings. The molecule has 0 saturated carbocycles. The molecule has 1 N–H and O–H groups in total. The van der Waals surface area contributed by atoms with Crippen molar-refractivity contribution in [3.63, 3.8) is 0 Å². The first-order valence-corrected chi connectivity index (χ1v) is 9.53. The number of anilines is 1. The first-order valence-electron chi connectivity index (χ1n) is 8.33. The summed E-state index contributed by atoms with van der Waals surface area (Å²) in [6, 6.07) is 13.5. The van der Waals surface area contributed by atoms with Crippen LogP contribution in [0.3, 0.4) is 0 Å². The highest BCUT2D eigenvalue weighted by atomic mass is 35.5. The minimum Gasteiger partial charge on any atom is -0.497 e. The van der Waals surface area contributed by atoms with Gasteiger partial charge in [-0.25, -0.2) is 4.39 Å². The summed E-state index contributed by atoms with van der Waals surface area (Å²) in [6.45, 7) is 0. The van der Waals surface area contributed by atoms with Crippen molar-refractivity contribution >= 4 is 44.7 Å². The molecule has 5 nitrogen and oxygen atoms in total. The Hall–Kier alpha value is -2.90. The van der Waals surface area contributed by atoms with Crippen LogP contribution in [0, 0.1) is 5.82 Å². The number of carbonyl (C=O) groups is 1. The van der Waals surface area contributed by atoms with Crippen LogP contribution in [0.15, 0.2) is 48.5 Å². The van der Waals surface area contributed by atoms with Gasteiger partial charge in [0.2, 0.25) is 0 Å². The molecule has 2 heterocycles. The van der Waals surface area contributed by atoms with Crippen molar-refractivity contribution in [1.82, 2.24) is 9.78 Å². The van der Waals surface area contributed by atoms with E-state index in [9.17, 15) is 9.18 Å². The van der Waals surface area contributed by atoms with Crippen molar-refractivity contribution in [2.75, 3.05) is 12.4 Å². The predicted molar refractivity (Wildman–Crippen MR) is 110 cm³/mol. The summed E-state index contributed by atoms with van der Waals surface area (Å²) in [7, 11) is 3.45. The van der Waals surface area contributed by atoms with Gasteiger partial charge < -0.3 is 10.1 Å². The summed E-state index contributed by atoms with van der Waals surface area (Å²) in [4.78, 5) is 14.0. The van der Waals surface area contributed by atoms with Crippen LogP contribution in [0.5, 0.6) is 5.75 Å². The zero-order valence-electron chi connectivity index (χ0n) is 15.0. The molecule has 0 unspecified atom stereocenters. The molecular weight excluding hydrogens is 401 g/mol. The second-order valence-corrected chi connectivity index (χ2v) is 7.55. The number of nitrogens with zero attached hydrogens (tertiary/aromatic N) is 2. The van der Waals surface area contributed by atoms with Crippen molar-refractivity contribution in [1.29, 1.82) is 0 Å². The molecule has 4 rings (SSSR count). The Bertz CT molecular complexity index is 1200. The Morgan fingerprint density at radius 1 is 1.25 bits per heavy atom. The minimum atomic E-state index is -0.532. The molecule has 0 atom stereocenters. The average Bonchev–Trinajstić information content (AvgIpc) is 3.26. The molecule has 0 aliphatic heterocycles. The largest absolute Gasteiger partial charge is 0.497 e. The SMILES string of the molecule is COc1cccc(-c2nn(C)c3sc(C(=O)Nc4ccc(F)c(Cl)c4)cc23)c1. The van der Waals surface area contributed by atoms with Crippen LogP contribution in [0.4, 0.5) is 10.1 Å². The number of rotatable bonds is 4. The Labute approximate surface area is 169 Å². The molecule has 0 aliphatic rings. The van der Waals surface area contributed by atoms with Crippen molar-refractivity contribution in [2.45, 2.75) is 0 Å². The molecule has 0 saturated heterocycles. The lowest BCUT2D eigenvalue weighted by molar-refractivity contribution is 0.103. The number of halogens is 2. The molecular formula is C20H15ClFN3O2S. The van der Waals surface area contributed by atoms with Crippen LogP contribution in [-0.4, -0.2) is 22.8 Å². The normalized spacial score (nSPS) is 11.0. The van der Waals surface area contributed by atoms with E-state index in [1.165, 1.54) is 29.5 Å². The maximum atomic E-state index is 13.3. The zero-order chi connectivity index (χ0) is 19.8. The quantitative estimate of drug-likeness (QED) is 0.488. The number of benzene rings is 2. The number of thiophene rings is 1. The van der Waals surface area contributed by atoms with Gasteiger partial charge in [0.25, 0.3) is 5.91 Å². The fourth-order valence-electron chi connectivity index (χ4n) is 2.90. The highest BCUT2D eigenvalue weighted by molar-refractivity contribution is 7.20. The Kier molecular flexibility index (Phi) is 4.78. The molecule has 8 heteroatoms. The van der Waals surface area contributed by atoms with Gasteiger partial charge >= 0.3 is 0 Å². The summed E-state index contributed by atoms with van der Waals surface area (Å²) < 4.78 is 20.3. The third-order valence-electron chi connectivity index (χ3n) is 4.26. The van der Waals surface area contributed by atoms with E-state index in [0.717, 1.165) is 27.2 Å². The van der Waals surface area contributed by atoms with Gasteiger partial charge in [-0.2, -0.15) is 5.10 Å². The molecule has 28 heavy (non-hydrogen) atoms. The van der Waals surface area contributed by atoms with Crippen molar-refractivity contribution in [2.24, 2.45) is 7.05 Å². The monoisotopic (exact) mass is 415 g/mol. The van der Waals surface area contributed by atoms with Gasteiger partial charge in [-0.15, -0.1) is 11.3 Å². The fraction of sp³-hybridized carbons (Fsp3) is 0.100. The van der Waals surface area contributed by atoms with E-state index in [1.807, 2.05) is 37.4 Å². The molecule has 0 fully saturated rings. The zero-order valence-corrected chi connectivity index (χ0v) is 16.6. The number of carbonyl (C=O) groups excluding carboxylic acids is 1. The van der Waals surface area contributed by atoms with Crippen LogP contribution in [0.2, 0.25) is 5.02 Å². The van der Waals surface area contributed by atoms with Gasteiger partial charge in [-0.3, -0.25) is 9.48 Å². The first-order chi connectivity index (χ1) is 13.5. The van der Waals surface area contributed by atoms with Gasteiger partial charge in [0.05, 0.1) is 17.0 Å². The Morgan fingerprint density at radius 2 is 2.07 bits per heavy atom. The predicted octanol–water partition coefficient (Wildman–Crippen LogP) is 5.36. The molecule has 0 aliphatic carbocycles. The average molecular weight is 416 g/mol. The van der Waals surface area contributed by atoms with Crippen LogP contribution in [0.1, 0.15) is 9.67 Å². The molecule has 2 aromatic carbocycles. The number of hydrogen-bond donors (Lipinski definition) is 1. The number of fused-ring (bicyclic) bond motifs is 1. The van der Waals surface area contributed by atoms with Crippen LogP contribution < -0.4 is 10.1 Å². The van der Waals surface area contributed by atoms with E-state index in [2.05, 4.69) is 10.4 Å². The number of aryl methyl sites for hydroxylation is 1. The van der Waals surface area contributed by atoms with Crippen LogP contribution in [0.25, 0.3) is 21.5 Å². The molecule has 142 valence electrons. The van der Waals surface area contributed by atoms with E-state index in [1.54, 1.807) is 11.8 Å². The lowest BCUT2D eigenvalue weighted by atomic mass is 10.1. The van der Waals surface area contributed by atoms with E-state index in [0.29, 0.717) is 10.6 Å². The van der Waals surface area contributed by atoms with E-state index >= 15 is 0 Å². The van der Waals surface area contributed by atoms with Crippen LogP contribution >= 0.6 is 22.9 Å². The molecule has 0 spiro atoms. The summed E-state index contributed by atoms with van der Waals surface area (Å²) in [5.41, 5.74) is 2.11. The maximum Gasteiger partial charge on any atom is 0.265 e. The fourth-order valence-corrected chi connectivity index (χ4v) is 4.05. The smallest absolute Gasteiger partial charge is 0.265 e. The van der Waals surface area contributed by atoms with E-state index in [4.69, 9.17) is 16.3 Å². The van der Waals surface area contributed by atoms with Crippen molar-refractivity contribution in [3.05, 3.63) is 64.2 Å². The number of amides is 1. The Morgan fingerprint density at radius 3 is 2.82 bits per heavy atom. The first kappa shape index (κ1) is 18.5. The summed E-state index contributed by atoms with van der Waals surface area (Å²) in [5, 5.41) is 8.16. The maximum absolute atomic E-state index is 13.3. The lowest BCUT2D eigenvalue weighted by Gasteiger charge is -2.04. The number of aromatic nitrogens is 2. The second kappa shape index (κ2) is 7.26. The highest BCUT2D eigenvalue weighted by Gasteiger charge is 2.18. The third kappa shape index (κ3) is 3.34. The topological polar surface area (TPSA) is 56.2 Å². The van der Waals surface area contributed by atoms with E-state index < -0.39 is 5.82 Å². The minimum absolute atomic E-state index is 0.0429. The van der Waals surface area contributed by atoms with Crippen molar-refractivity contribution in [3.8, 4) is 17.0 Å². The lowest BCUT2D eigenvalue weighted by Crippen LogP contribution is -2.10. The van der Waals surface area contributed by atoms with Crippen LogP contribution in [-0.2, 0) is 7.05 Å². The molecule has 2 aromatic heterocycles. The number of ether oxygens (including phenoxy) is 1. The molecule has 0 bridgehead atoms.